The van der Waals surface area contributed by atoms with Crippen molar-refractivity contribution in [2.75, 3.05) is 5.32 Å². The van der Waals surface area contributed by atoms with Crippen molar-refractivity contribution in [1.82, 2.24) is 19.7 Å². The average molecular weight is 343 g/mol. The average Bonchev–Trinajstić information content (AvgIpc) is 3.17. The van der Waals surface area contributed by atoms with E-state index in [9.17, 15) is 0 Å². The Bertz CT molecular complexity index is 970. The lowest BCUT2D eigenvalue weighted by Gasteiger charge is -2.08. The van der Waals surface area contributed by atoms with Crippen LogP contribution in [0.3, 0.4) is 0 Å². The van der Waals surface area contributed by atoms with Crippen LogP contribution >= 0.6 is 0 Å². The molecule has 0 aliphatic rings. The summed E-state index contributed by atoms with van der Waals surface area (Å²) in [5.74, 6) is 1.99. The molecule has 0 spiro atoms. The van der Waals surface area contributed by atoms with Crippen LogP contribution in [0.25, 0.3) is 5.69 Å². The monoisotopic (exact) mass is 343 g/mol. The molecular formula is C20H17N5O. The molecule has 6 heteroatoms. The van der Waals surface area contributed by atoms with E-state index in [2.05, 4.69) is 20.4 Å². The number of rotatable bonds is 6. The molecule has 2 heterocycles. The van der Waals surface area contributed by atoms with E-state index >= 15 is 0 Å². The van der Waals surface area contributed by atoms with Gasteiger partial charge in [0.1, 0.15) is 12.1 Å². The smallest absolute Gasteiger partial charge is 0.219 e. The van der Waals surface area contributed by atoms with Crippen molar-refractivity contribution in [3.05, 3.63) is 91.1 Å². The number of para-hydroxylation sites is 1. The van der Waals surface area contributed by atoms with Crippen LogP contribution in [0, 0.1) is 0 Å². The number of ether oxygens (including phenoxy) is 1. The first-order valence-corrected chi connectivity index (χ1v) is 8.26. The first-order valence-electron chi connectivity index (χ1n) is 8.26. The normalized spacial score (nSPS) is 10.5. The van der Waals surface area contributed by atoms with Crippen molar-refractivity contribution in [3.63, 3.8) is 0 Å². The number of hydrogen-bond acceptors (Lipinski definition) is 5. The maximum atomic E-state index is 5.75. The van der Waals surface area contributed by atoms with Crippen LogP contribution in [0.1, 0.15) is 5.82 Å². The lowest BCUT2D eigenvalue weighted by atomic mass is 10.3. The number of hydrogen-bond donors (Lipinski definition) is 1. The van der Waals surface area contributed by atoms with E-state index in [0.29, 0.717) is 18.2 Å². The summed E-state index contributed by atoms with van der Waals surface area (Å²) < 4.78 is 7.51. The molecule has 0 saturated carbocycles. The van der Waals surface area contributed by atoms with Gasteiger partial charge in [-0.05, 0) is 30.3 Å². The van der Waals surface area contributed by atoms with Gasteiger partial charge in [-0.1, -0.05) is 30.3 Å². The van der Waals surface area contributed by atoms with Gasteiger partial charge in [-0.2, -0.15) is 0 Å². The van der Waals surface area contributed by atoms with Crippen LogP contribution in [0.4, 0.5) is 5.69 Å². The summed E-state index contributed by atoms with van der Waals surface area (Å²) in [7, 11) is 0. The molecule has 0 radical (unpaired) electrons. The summed E-state index contributed by atoms with van der Waals surface area (Å²) in [4.78, 5) is 8.51. The zero-order chi connectivity index (χ0) is 17.6. The van der Waals surface area contributed by atoms with Gasteiger partial charge in [0.05, 0.1) is 12.2 Å². The molecule has 2 aromatic heterocycles. The van der Waals surface area contributed by atoms with Gasteiger partial charge in [0.2, 0.25) is 5.88 Å². The molecular weight excluding hydrogens is 326 g/mol. The Morgan fingerprint density at radius 2 is 1.77 bits per heavy atom. The van der Waals surface area contributed by atoms with Gasteiger partial charge < -0.3 is 10.1 Å². The summed E-state index contributed by atoms with van der Waals surface area (Å²) in [6.07, 6.45) is 3.42. The maximum Gasteiger partial charge on any atom is 0.219 e. The van der Waals surface area contributed by atoms with Gasteiger partial charge in [-0.25, -0.2) is 14.6 Å². The van der Waals surface area contributed by atoms with Crippen LogP contribution in [0.15, 0.2) is 85.3 Å². The van der Waals surface area contributed by atoms with Crippen molar-refractivity contribution in [2.24, 2.45) is 0 Å². The fraction of sp³-hybridized carbons (Fsp3) is 0.0500. The third kappa shape index (κ3) is 3.87. The van der Waals surface area contributed by atoms with Gasteiger partial charge in [-0.15, -0.1) is 5.10 Å². The third-order valence-electron chi connectivity index (χ3n) is 3.70. The Labute approximate surface area is 151 Å². The van der Waals surface area contributed by atoms with Crippen LogP contribution < -0.4 is 10.1 Å². The molecule has 0 atom stereocenters. The Kier molecular flexibility index (Phi) is 4.56. The predicted octanol–water partition coefficient (Wildman–Crippen LogP) is 4.07. The number of pyridine rings is 1. The summed E-state index contributed by atoms with van der Waals surface area (Å²) in [6.45, 7) is 0.521. The van der Waals surface area contributed by atoms with Crippen LogP contribution in [-0.4, -0.2) is 19.7 Å². The van der Waals surface area contributed by atoms with Gasteiger partial charge in [0.25, 0.3) is 0 Å². The minimum Gasteiger partial charge on any atom is -0.439 e. The first kappa shape index (κ1) is 15.8. The van der Waals surface area contributed by atoms with E-state index in [-0.39, 0.29) is 0 Å². The fourth-order valence-electron chi connectivity index (χ4n) is 2.46. The lowest BCUT2D eigenvalue weighted by molar-refractivity contribution is 0.463. The highest BCUT2D eigenvalue weighted by Gasteiger charge is 2.04. The molecule has 26 heavy (non-hydrogen) atoms. The van der Waals surface area contributed by atoms with Gasteiger partial charge in [0, 0.05) is 24.0 Å². The van der Waals surface area contributed by atoms with Crippen molar-refractivity contribution >= 4 is 5.69 Å². The van der Waals surface area contributed by atoms with Crippen molar-refractivity contribution in [2.45, 2.75) is 6.54 Å². The number of anilines is 1. The van der Waals surface area contributed by atoms with Crippen LogP contribution in [-0.2, 0) is 6.54 Å². The quantitative estimate of drug-likeness (QED) is 0.572. The molecule has 0 fully saturated rings. The first-order chi connectivity index (χ1) is 12.9. The highest BCUT2D eigenvalue weighted by molar-refractivity contribution is 5.48. The van der Waals surface area contributed by atoms with Gasteiger partial charge in [0.15, 0.2) is 5.82 Å². The summed E-state index contributed by atoms with van der Waals surface area (Å²) in [5, 5.41) is 7.80. The molecule has 1 N–H and O–H groups in total. The molecule has 4 aromatic rings. The minimum absolute atomic E-state index is 0.521. The molecule has 128 valence electrons. The predicted molar refractivity (Wildman–Crippen MR) is 99.4 cm³/mol. The summed E-state index contributed by atoms with van der Waals surface area (Å²) in [6, 6.07) is 23.2. The van der Waals surface area contributed by atoms with E-state index in [0.717, 1.165) is 17.1 Å². The maximum absolute atomic E-state index is 5.75. The number of nitrogens with zero attached hydrogens (tertiary/aromatic N) is 4. The number of aromatic nitrogens is 4. The van der Waals surface area contributed by atoms with Crippen molar-refractivity contribution < 1.29 is 4.74 Å². The van der Waals surface area contributed by atoms with E-state index in [1.54, 1.807) is 17.2 Å². The van der Waals surface area contributed by atoms with E-state index in [1.807, 2.05) is 72.8 Å². The topological polar surface area (TPSA) is 64.9 Å². The highest BCUT2D eigenvalue weighted by atomic mass is 16.5. The second-order valence-corrected chi connectivity index (χ2v) is 5.59. The van der Waals surface area contributed by atoms with Crippen molar-refractivity contribution in [1.29, 1.82) is 0 Å². The van der Waals surface area contributed by atoms with Crippen molar-refractivity contribution in [3.8, 4) is 17.3 Å². The summed E-state index contributed by atoms with van der Waals surface area (Å²) in [5.41, 5.74) is 1.91. The molecule has 0 unspecified atom stereocenters. The Hall–Kier alpha value is -3.67. The minimum atomic E-state index is 0.521. The zero-order valence-corrected chi connectivity index (χ0v) is 14.0. The molecule has 0 bridgehead atoms. The van der Waals surface area contributed by atoms with Crippen LogP contribution in [0.2, 0.25) is 0 Å². The zero-order valence-electron chi connectivity index (χ0n) is 14.0. The molecule has 0 amide bonds. The number of benzene rings is 2. The van der Waals surface area contributed by atoms with Gasteiger partial charge in [-0.3, -0.25) is 0 Å². The molecule has 4 rings (SSSR count). The Morgan fingerprint density at radius 3 is 2.62 bits per heavy atom. The SMILES string of the molecule is c1ccc(-n2cnc(CNc3cccc(Oc4ccccn4)c3)n2)cc1. The summed E-state index contributed by atoms with van der Waals surface area (Å²) >= 11 is 0. The molecule has 2 aromatic carbocycles. The lowest BCUT2D eigenvalue weighted by Crippen LogP contribution is -2.03. The highest BCUT2D eigenvalue weighted by Crippen LogP contribution is 2.22. The van der Waals surface area contributed by atoms with Gasteiger partial charge >= 0.3 is 0 Å². The standard InChI is InChI=1S/C20H17N5O/c1-2-8-17(9-3-1)25-15-23-19(24-25)14-22-16-7-6-10-18(13-16)26-20-11-4-5-12-21-20/h1-13,15,22H,14H2. The van der Waals surface area contributed by atoms with E-state index in [1.165, 1.54) is 0 Å². The molecule has 6 nitrogen and oxygen atoms in total. The molecule has 0 aliphatic heterocycles. The van der Waals surface area contributed by atoms with E-state index < -0.39 is 0 Å². The van der Waals surface area contributed by atoms with Crippen LogP contribution in [0.5, 0.6) is 11.6 Å². The Morgan fingerprint density at radius 1 is 0.885 bits per heavy atom. The second-order valence-electron chi connectivity index (χ2n) is 5.59. The Balaban J connectivity index is 1.41. The second kappa shape index (κ2) is 7.48. The molecule has 0 aliphatic carbocycles. The largest absolute Gasteiger partial charge is 0.439 e. The fourth-order valence-corrected chi connectivity index (χ4v) is 2.46. The van der Waals surface area contributed by atoms with E-state index in [4.69, 9.17) is 4.74 Å². The molecule has 0 saturated heterocycles. The third-order valence-corrected chi connectivity index (χ3v) is 3.70. The number of nitrogens with one attached hydrogen (secondary N) is 1.